The number of unbranched alkanes of at least 4 members (excludes halogenated alkanes) is 1. The first-order valence-electron chi connectivity index (χ1n) is 5.37. The third kappa shape index (κ3) is 6.63. The average molecular weight is 199 g/mol. The molecule has 0 aliphatic heterocycles. The molecule has 0 aromatic heterocycles. The molecule has 0 unspecified atom stereocenters. The van der Waals surface area contributed by atoms with Crippen LogP contribution in [0.25, 0.3) is 0 Å². The lowest BCUT2D eigenvalue weighted by molar-refractivity contribution is -0.122. The molecule has 3 nitrogen and oxygen atoms in total. The van der Waals surface area contributed by atoms with Crippen LogP contribution in [0, 0.1) is 5.92 Å². The van der Waals surface area contributed by atoms with Crippen LogP contribution in [0.2, 0.25) is 0 Å². The first-order valence-corrected chi connectivity index (χ1v) is 5.37. The fourth-order valence-corrected chi connectivity index (χ4v) is 1.04. The topological polar surface area (TPSA) is 46.2 Å². The average Bonchev–Trinajstić information content (AvgIpc) is 2.14. The van der Waals surface area contributed by atoms with E-state index in [1.54, 1.807) is 0 Å². The normalized spacial score (nSPS) is 10.3. The standard InChI is InChI=1S/C11H21NO2/c1-4-5-6-11(14)12-8-7-10(13)9(2)3/h9H,4-8H2,1-3H3,(H,12,14). The zero-order valence-electron chi connectivity index (χ0n) is 9.43. The fourth-order valence-electron chi connectivity index (χ4n) is 1.04. The van der Waals surface area contributed by atoms with Crippen LogP contribution >= 0.6 is 0 Å². The Kier molecular flexibility index (Phi) is 7.07. The molecule has 0 rings (SSSR count). The Morgan fingerprint density at radius 1 is 1.21 bits per heavy atom. The van der Waals surface area contributed by atoms with Gasteiger partial charge in [-0.2, -0.15) is 0 Å². The first-order chi connectivity index (χ1) is 6.57. The van der Waals surface area contributed by atoms with E-state index in [4.69, 9.17) is 0 Å². The lowest BCUT2D eigenvalue weighted by Crippen LogP contribution is -2.26. The Bertz CT molecular complexity index is 188. The molecule has 3 heteroatoms. The van der Waals surface area contributed by atoms with Crippen molar-refractivity contribution in [2.45, 2.75) is 46.5 Å². The molecule has 0 fully saturated rings. The van der Waals surface area contributed by atoms with Gasteiger partial charge in [0.15, 0.2) is 0 Å². The molecule has 0 radical (unpaired) electrons. The second-order valence-electron chi connectivity index (χ2n) is 3.82. The van der Waals surface area contributed by atoms with E-state index >= 15 is 0 Å². The van der Waals surface area contributed by atoms with Gasteiger partial charge in [-0.25, -0.2) is 0 Å². The van der Waals surface area contributed by atoms with Gasteiger partial charge < -0.3 is 5.32 Å². The first kappa shape index (κ1) is 13.1. The quantitative estimate of drug-likeness (QED) is 0.680. The van der Waals surface area contributed by atoms with Crippen LogP contribution in [0.4, 0.5) is 0 Å². The predicted molar refractivity (Wildman–Crippen MR) is 57.0 cm³/mol. The molecule has 0 heterocycles. The van der Waals surface area contributed by atoms with Crippen molar-refractivity contribution in [1.29, 1.82) is 0 Å². The van der Waals surface area contributed by atoms with E-state index in [1.165, 1.54) is 0 Å². The summed E-state index contributed by atoms with van der Waals surface area (Å²) in [7, 11) is 0. The summed E-state index contributed by atoms with van der Waals surface area (Å²) in [6.07, 6.45) is 2.98. The van der Waals surface area contributed by atoms with Crippen molar-refractivity contribution < 1.29 is 9.59 Å². The van der Waals surface area contributed by atoms with Crippen LogP contribution in [-0.2, 0) is 9.59 Å². The van der Waals surface area contributed by atoms with Crippen molar-refractivity contribution in [3.63, 3.8) is 0 Å². The van der Waals surface area contributed by atoms with Gasteiger partial charge in [0.25, 0.3) is 0 Å². The summed E-state index contributed by atoms with van der Waals surface area (Å²) in [4.78, 5) is 22.3. The molecule has 14 heavy (non-hydrogen) atoms. The Morgan fingerprint density at radius 3 is 2.36 bits per heavy atom. The highest BCUT2D eigenvalue weighted by Gasteiger charge is 2.07. The number of rotatable bonds is 7. The van der Waals surface area contributed by atoms with Crippen LogP contribution in [0.1, 0.15) is 46.5 Å². The molecule has 0 saturated heterocycles. The molecule has 1 amide bonds. The Labute approximate surface area is 86.3 Å². The van der Waals surface area contributed by atoms with Crippen LogP contribution in [-0.4, -0.2) is 18.2 Å². The van der Waals surface area contributed by atoms with Gasteiger partial charge in [0.1, 0.15) is 5.78 Å². The number of nitrogens with one attached hydrogen (secondary N) is 1. The van der Waals surface area contributed by atoms with Gasteiger partial charge in [0, 0.05) is 25.3 Å². The molecule has 0 aromatic carbocycles. The van der Waals surface area contributed by atoms with E-state index in [0.717, 1.165) is 12.8 Å². The number of amides is 1. The molecule has 0 spiro atoms. The Hall–Kier alpha value is -0.860. The summed E-state index contributed by atoms with van der Waals surface area (Å²) in [5.41, 5.74) is 0. The van der Waals surface area contributed by atoms with Gasteiger partial charge in [-0.05, 0) is 6.42 Å². The van der Waals surface area contributed by atoms with Crippen molar-refractivity contribution in [3.05, 3.63) is 0 Å². The SMILES string of the molecule is CCCCC(=O)NCCC(=O)C(C)C. The van der Waals surface area contributed by atoms with Gasteiger partial charge in [-0.1, -0.05) is 27.2 Å². The van der Waals surface area contributed by atoms with Crippen molar-refractivity contribution in [2.75, 3.05) is 6.54 Å². The van der Waals surface area contributed by atoms with E-state index in [-0.39, 0.29) is 17.6 Å². The van der Waals surface area contributed by atoms with Crippen molar-refractivity contribution >= 4 is 11.7 Å². The highest BCUT2D eigenvalue weighted by Crippen LogP contribution is 1.98. The maximum atomic E-state index is 11.2. The third-order valence-electron chi connectivity index (χ3n) is 2.09. The fraction of sp³-hybridized carbons (Fsp3) is 0.818. The summed E-state index contributed by atoms with van der Waals surface area (Å²) in [6.45, 7) is 6.29. The zero-order chi connectivity index (χ0) is 11.0. The summed E-state index contributed by atoms with van der Waals surface area (Å²) >= 11 is 0. The van der Waals surface area contributed by atoms with Gasteiger partial charge in [-0.3, -0.25) is 9.59 Å². The monoisotopic (exact) mass is 199 g/mol. The van der Waals surface area contributed by atoms with Crippen molar-refractivity contribution in [3.8, 4) is 0 Å². The van der Waals surface area contributed by atoms with E-state index in [0.29, 0.717) is 19.4 Å². The molecule has 82 valence electrons. The summed E-state index contributed by atoms with van der Waals surface area (Å²) in [5.74, 6) is 0.340. The molecular formula is C11H21NO2. The highest BCUT2D eigenvalue weighted by molar-refractivity contribution is 5.81. The van der Waals surface area contributed by atoms with Crippen molar-refractivity contribution in [2.24, 2.45) is 5.92 Å². The van der Waals surface area contributed by atoms with E-state index in [2.05, 4.69) is 12.2 Å². The largest absolute Gasteiger partial charge is 0.356 e. The third-order valence-corrected chi connectivity index (χ3v) is 2.09. The van der Waals surface area contributed by atoms with Crippen LogP contribution in [0.5, 0.6) is 0 Å². The van der Waals surface area contributed by atoms with E-state index in [9.17, 15) is 9.59 Å². The zero-order valence-corrected chi connectivity index (χ0v) is 9.43. The van der Waals surface area contributed by atoms with Crippen molar-refractivity contribution in [1.82, 2.24) is 5.32 Å². The van der Waals surface area contributed by atoms with Gasteiger partial charge in [0.2, 0.25) is 5.91 Å². The number of hydrogen-bond donors (Lipinski definition) is 1. The second-order valence-corrected chi connectivity index (χ2v) is 3.82. The lowest BCUT2D eigenvalue weighted by atomic mass is 10.1. The highest BCUT2D eigenvalue weighted by atomic mass is 16.1. The lowest BCUT2D eigenvalue weighted by Gasteiger charge is -2.05. The molecular weight excluding hydrogens is 178 g/mol. The predicted octanol–water partition coefficient (Wildman–Crippen LogP) is 1.91. The Morgan fingerprint density at radius 2 is 1.86 bits per heavy atom. The molecule has 0 aromatic rings. The molecule has 0 atom stereocenters. The molecule has 0 aliphatic carbocycles. The van der Waals surface area contributed by atoms with E-state index < -0.39 is 0 Å². The number of carbonyl (C=O) groups excluding carboxylic acids is 2. The minimum Gasteiger partial charge on any atom is -0.356 e. The number of carbonyl (C=O) groups is 2. The van der Waals surface area contributed by atoms with Gasteiger partial charge >= 0.3 is 0 Å². The summed E-state index contributed by atoms with van der Waals surface area (Å²) in [5, 5.41) is 2.74. The van der Waals surface area contributed by atoms with Crippen LogP contribution in [0.3, 0.4) is 0 Å². The molecule has 0 aliphatic rings. The van der Waals surface area contributed by atoms with E-state index in [1.807, 2.05) is 13.8 Å². The van der Waals surface area contributed by atoms with Crippen LogP contribution < -0.4 is 5.32 Å². The molecule has 1 N–H and O–H groups in total. The number of hydrogen-bond acceptors (Lipinski definition) is 2. The van der Waals surface area contributed by atoms with Gasteiger partial charge in [-0.15, -0.1) is 0 Å². The molecule has 0 saturated carbocycles. The van der Waals surface area contributed by atoms with Gasteiger partial charge in [0.05, 0.1) is 0 Å². The minimum absolute atomic E-state index is 0.0587. The maximum Gasteiger partial charge on any atom is 0.220 e. The second kappa shape index (κ2) is 7.54. The minimum atomic E-state index is 0.0587. The number of ketones is 1. The maximum absolute atomic E-state index is 11.2. The summed E-state index contributed by atoms with van der Waals surface area (Å²) in [6, 6.07) is 0. The Balaban J connectivity index is 3.44. The smallest absolute Gasteiger partial charge is 0.220 e. The summed E-state index contributed by atoms with van der Waals surface area (Å²) < 4.78 is 0. The number of Topliss-reactive ketones (excluding diaryl/α,β-unsaturated/α-hetero) is 1. The van der Waals surface area contributed by atoms with Crippen LogP contribution in [0.15, 0.2) is 0 Å². The molecule has 0 bridgehead atoms.